The van der Waals surface area contributed by atoms with Crippen LogP contribution in [0.5, 0.6) is 0 Å². The first kappa shape index (κ1) is 3.50. The van der Waals surface area contributed by atoms with Crippen LogP contribution in [0, 0.1) is 0 Å². The van der Waals surface area contributed by atoms with E-state index in [0.717, 1.165) is 0 Å². The monoisotopic (exact) mass is 94.0 g/mol. The Hall–Kier alpha value is 0.310. The van der Waals surface area contributed by atoms with Gasteiger partial charge in [0.25, 0.3) is 0 Å². The highest BCUT2D eigenvalue weighted by Crippen LogP contribution is 2.18. The number of rotatable bonds is 0. The van der Waals surface area contributed by atoms with Gasteiger partial charge in [0.2, 0.25) is 0 Å². The summed E-state index contributed by atoms with van der Waals surface area (Å²) in [4.78, 5) is 4.23. The molecule has 1 saturated heterocycles. The molecule has 0 aliphatic carbocycles. The van der Waals surface area contributed by atoms with E-state index >= 15 is 0 Å². The first-order chi connectivity index (χ1) is 2.50. The van der Waals surface area contributed by atoms with E-state index in [0.29, 0.717) is 15.2 Å². The molecule has 0 bridgehead atoms. The maximum atomic E-state index is 4.25. The van der Waals surface area contributed by atoms with E-state index in [4.69, 9.17) is 0 Å². The minimum Gasteiger partial charge on any atom is -0.199 e. The van der Waals surface area contributed by atoms with Crippen molar-refractivity contribution >= 4 is 8.81 Å². The molecule has 0 N–H and O–H groups in total. The lowest BCUT2D eigenvalue weighted by Crippen LogP contribution is -1.71. The van der Waals surface area contributed by atoms with Crippen molar-refractivity contribution in [3.8, 4) is 0 Å². The Kier molecular flexibility index (Phi) is 1.17. The third kappa shape index (κ3) is 0.816. The van der Waals surface area contributed by atoms with Gasteiger partial charge in [-0.1, -0.05) is 5.04 Å². The molecule has 1 heterocycles. The predicted molar refractivity (Wildman–Crippen MR) is 16.4 cm³/mol. The van der Waals surface area contributed by atoms with Gasteiger partial charge in [-0.25, -0.2) is 0 Å². The molecule has 0 aromatic heterocycles. The van der Waals surface area contributed by atoms with Crippen LogP contribution < -0.4 is 0 Å². The van der Waals surface area contributed by atoms with Gasteiger partial charge in [-0.2, -0.15) is 9.56 Å². The first-order valence-electron chi connectivity index (χ1n) is 1.18. The van der Waals surface area contributed by atoms with Crippen LogP contribution in [0.1, 0.15) is 0 Å². The summed E-state index contributed by atoms with van der Waals surface area (Å²) in [5.74, 6) is 0. The molecule has 5 heavy (non-hydrogen) atoms. The van der Waals surface area contributed by atoms with E-state index in [-0.39, 0.29) is 0 Å². The summed E-state index contributed by atoms with van der Waals surface area (Å²) in [7, 11) is 0.364. The Morgan fingerprint density at radius 2 is 2.60 bits per heavy atom. The normalized spacial score (nSPS) is 28.8. The quantitative estimate of drug-likeness (QED) is 0.322. The van der Waals surface area contributed by atoms with Crippen molar-refractivity contribution in [1.29, 1.82) is 0 Å². The fourth-order valence-corrected chi connectivity index (χ4v) is 0.361. The van der Waals surface area contributed by atoms with Crippen molar-refractivity contribution in [1.82, 2.24) is 0 Å². The van der Waals surface area contributed by atoms with Crippen molar-refractivity contribution in [3.63, 3.8) is 0 Å². The van der Waals surface area contributed by atoms with Crippen LogP contribution in [0.2, 0.25) is 0 Å². The van der Waals surface area contributed by atoms with Crippen LogP contribution in [0.15, 0.2) is 0 Å². The third-order valence-electron chi connectivity index (χ3n) is 0.259. The average molecular weight is 94.0 g/mol. The second-order valence-corrected chi connectivity index (χ2v) is 1.30. The molecule has 3 nitrogen and oxygen atoms in total. The highest BCUT2D eigenvalue weighted by Gasteiger charge is 1.97. The molecular weight excluding hydrogens is 91.0 g/mol. The van der Waals surface area contributed by atoms with Crippen LogP contribution in [0.3, 0.4) is 0 Å². The van der Waals surface area contributed by atoms with Gasteiger partial charge in [0, 0.05) is 0 Å². The van der Waals surface area contributed by atoms with Crippen molar-refractivity contribution in [2.75, 3.05) is 6.35 Å². The lowest BCUT2D eigenvalue weighted by atomic mass is 11.7. The zero-order valence-corrected chi connectivity index (χ0v) is 3.43. The molecule has 0 saturated carbocycles. The first-order valence-corrected chi connectivity index (χ1v) is 2.30. The van der Waals surface area contributed by atoms with Gasteiger partial charge in [0.05, 0.1) is 8.81 Å². The van der Waals surface area contributed by atoms with Crippen LogP contribution in [-0.2, 0) is 14.6 Å². The van der Waals surface area contributed by atoms with Crippen LogP contribution in [0.4, 0.5) is 0 Å². The Bertz CT molecular complexity index is 18.5. The van der Waals surface area contributed by atoms with E-state index in [1.165, 1.54) is 0 Å². The summed E-state index contributed by atoms with van der Waals surface area (Å²) in [5.41, 5.74) is 0. The Balaban J connectivity index is 2.08. The Labute approximate surface area is 30.9 Å². The zero-order chi connectivity index (χ0) is 3.54. The van der Waals surface area contributed by atoms with Crippen molar-refractivity contribution in [2.45, 2.75) is 0 Å². The van der Waals surface area contributed by atoms with Gasteiger partial charge in [-0.3, -0.25) is 0 Å². The lowest BCUT2D eigenvalue weighted by molar-refractivity contribution is -0.431. The summed E-state index contributed by atoms with van der Waals surface area (Å²) >= 11 is 0. The summed E-state index contributed by atoms with van der Waals surface area (Å²) < 4.78 is 4.25. The summed E-state index contributed by atoms with van der Waals surface area (Å²) in [6.45, 7) is 0. The van der Waals surface area contributed by atoms with E-state index in [1.807, 2.05) is 0 Å². The lowest BCUT2D eigenvalue weighted by Gasteiger charge is -1.74. The molecule has 0 amide bonds. The minimum absolute atomic E-state index is 0.364. The smallest absolute Gasteiger partial charge is 0.130 e. The minimum atomic E-state index is 0.364. The Morgan fingerprint density at radius 3 is 2.80 bits per heavy atom. The van der Waals surface area contributed by atoms with E-state index in [1.54, 1.807) is 0 Å². The zero-order valence-electron chi connectivity index (χ0n) is 2.43. The maximum absolute atomic E-state index is 4.25. The highest BCUT2D eigenvalue weighted by atomic mass is 31.1. The summed E-state index contributed by atoms with van der Waals surface area (Å²) in [6.07, 6.45) is 0.583. The molecule has 1 fully saturated rings. The largest absolute Gasteiger partial charge is 0.199 e. The molecule has 1 aliphatic rings. The predicted octanol–water partition coefficient (Wildman–Crippen LogP) is 0.431. The van der Waals surface area contributed by atoms with Crippen molar-refractivity contribution in [3.05, 3.63) is 0 Å². The van der Waals surface area contributed by atoms with Crippen molar-refractivity contribution in [2.24, 2.45) is 0 Å². The molecule has 0 radical (unpaired) electrons. The van der Waals surface area contributed by atoms with Crippen LogP contribution in [0.25, 0.3) is 0 Å². The van der Waals surface area contributed by atoms with Crippen LogP contribution in [-0.4, -0.2) is 6.35 Å². The SMILES string of the molecule is C1OOOP1. The van der Waals surface area contributed by atoms with Gasteiger partial charge in [-0.05, 0) is 0 Å². The molecule has 30 valence electrons. The second-order valence-electron chi connectivity index (χ2n) is 0.558. The van der Waals surface area contributed by atoms with Gasteiger partial charge >= 0.3 is 0 Å². The molecule has 0 aromatic rings. The molecule has 1 aliphatic heterocycles. The summed E-state index contributed by atoms with van der Waals surface area (Å²) in [6, 6.07) is 0. The van der Waals surface area contributed by atoms with Gasteiger partial charge in [-0.15, -0.1) is 0 Å². The topological polar surface area (TPSA) is 27.7 Å². The van der Waals surface area contributed by atoms with Gasteiger partial charge < -0.3 is 0 Å². The fourth-order valence-electron chi connectivity index (χ4n) is 0.120. The molecule has 4 heteroatoms. The third-order valence-corrected chi connectivity index (χ3v) is 0.681. The van der Waals surface area contributed by atoms with E-state index < -0.39 is 0 Å². The molecule has 0 aromatic carbocycles. The summed E-state index contributed by atoms with van der Waals surface area (Å²) in [5, 5.41) is 3.96. The van der Waals surface area contributed by atoms with Crippen LogP contribution >= 0.6 is 8.81 Å². The number of hydrogen-bond donors (Lipinski definition) is 0. The molecule has 0 spiro atoms. The maximum Gasteiger partial charge on any atom is 0.130 e. The highest BCUT2D eigenvalue weighted by molar-refractivity contribution is 7.31. The molecule has 1 atom stereocenters. The fraction of sp³-hybridized carbons (Fsp3) is 1.00. The molecule has 1 rings (SSSR count). The van der Waals surface area contributed by atoms with Gasteiger partial charge in [0.15, 0.2) is 0 Å². The number of hydrogen-bond acceptors (Lipinski definition) is 3. The standard InChI is InChI=1S/CH3O3P/c1-2-3-4-5-1/h5H,1H2. The van der Waals surface area contributed by atoms with Crippen molar-refractivity contribution < 1.29 is 14.6 Å². The molecule has 1 unspecified atom stereocenters. The Morgan fingerprint density at radius 1 is 1.60 bits per heavy atom. The van der Waals surface area contributed by atoms with Gasteiger partial charge in [0.1, 0.15) is 6.35 Å². The molecular formula is CH3O3P. The van der Waals surface area contributed by atoms with E-state index in [2.05, 4.69) is 14.6 Å². The second kappa shape index (κ2) is 1.67. The average Bonchev–Trinajstić information content (AvgIpc) is 1.76. The van der Waals surface area contributed by atoms with E-state index in [9.17, 15) is 0 Å².